The first kappa shape index (κ1) is 13.1. The van der Waals surface area contributed by atoms with Crippen LogP contribution in [0.4, 0.5) is 5.69 Å². The van der Waals surface area contributed by atoms with Crippen LogP contribution in [0.25, 0.3) is 0 Å². The lowest BCUT2D eigenvalue weighted by Crippen LogP contribution is -2.21. The molecule has 1 aliphatic rings. The Hall–Kier alpha value is -1.38. The molecule has 3 nitrogen and oxygen atoms in total. The van der Waals surface area contributed by atoms with E-state index in [1.54, 1.807) is 7.11 Å². The molecule has 2 atom stereocenters. The highest BCUT2D eigenvalue weighted by atomic mass is 16.5. The summed E-state index contributed by atoms with van der Waals surface area (Å²) in [5.41, 5.74) is 1.12. The van der Waals surface area contributed by atoms with Gasteiger partial charge in [0.05, 0.1) is 13.7 Å². The standard InChI is InChI=1S/C15H23NO2/c1-4-18-14-9-8-12(10-15(14)17-3)16-13-7-5-6-11(13)2/h8-11,13,16H,4-7H2,1-3H3. The first-order valence-electron chi connectivity index (χ1n) is 6.82. The van der Waals surface area contributed by atoms with Crippen LogP contribution < -0.4 is 14.8 Å². The van der Waals surface area contributed by atoms with Crippen LogP contribution in [0, 0.1) is 5.92 Å². The van der Waals surface area contributed by atoms with E-state index < -0.39 is 0 Å². The molecule has 1 aliphatic carbocycles. The predicted octanol–water partition coefficient (Wildman–Crippen LogP) is 3.69. The van der Waals surface area contributed by atoms with Crippen molar-refractivity contribution < 1.29 is 9.47 Å². The average molecular weight is 249 g/mol. The summed E-state index contributed by atoms with van der Waals surface area (Å²) < 4.78 is 10.9. The summed E-state index contributed by atoms with van der Waals surface area (Å²) in [5, 5.41) is 3.60. The maximum Gasteiger partial charge on any atom is 0.162 e. The number of ether oxygens (including phenoxy) is 2. The summed E-state index contributed by atoms with van der Waals surface area (Å²) in [6.07, 6.45) is 3.91. The lowest BCUT2D eigenvalue weighted by Gasteiger charge is -2.19. The summed E-state index contributed by atoms with van der Waals surface area (Å²) in [7, 11) is 1.68. The number of hydrogen-bond acceptors (Lipinski definition) is 3. The minimum absolute atomic E-state index is 0.590. The molecule has 100 valence electrons. The van der Waals surface area contributed by atoms with Gasteiger partial charge in [-0.05, 0) is 37.8 Å². The van der Waals surface area contributed by atoms with Crippen LogP contribution in [0.3, 0.4) is 0 Å². The van der Waals surface area contributed by atoms with Crippen molar-refractivity contribution >= 4 is 5.69 Å². The fourth-order valence-electron chi connectivity index (χ4n) is 2.61. The molecular weight excluding hydrogens is 226 g/mol. The SMILES string of the molecule is CCOc1ccc(NC2CCCC2C)cc1OC. The largest absolute Gasteiger partial charge is 0.493 e. The number of anilines is 1. The molecule has 2 unspecified atom stereocenters. The molecule has 1 aromatic rings. The van der Waals surface area contributed by atoms with Crippen molar-refractivity contribution in [1.82, 2.24) is 0 Å². The lowest BCUT2D eigenvalue weighted by atomic mass is 10.1. The number of methoxy groups -OCH3 is 1. The van der Waals surface area contributed by atoms with Crippen LogP contribution in [-0.2, 0) is 0 Å². The van der Waals surface area contributed by atoms with Crippen molar-refractivity contribution in [2.24, 2.45) is 5.92 Å². The van der Waals surface area contributed by atoms with Crippen LogP contribution in [0.1, 0.15) is 33.1 Å². The Morgan fingerprint density at radius 2 is 2.11 bits per heavy atom. The zero-order valence-corrected chi connectivity index (χ0v) is 11.5. The van der Waals surface area contributed by atoms with Crippen LogP contribution in [0.5, 0.6) is 11.5 Å². The van der Waals surface area contributed by atoms with E-state index in [1.807, 2.05) is 19.1 Å². The number of nitrogens with one attached hydrogen (secondary N) is 1. The first-order valence-corrected chi connectivity index (χ1v) is 6.82. The number of benzene rings is 1. The molecule has 0 saturated heterocycles. The van der Waals surface area contributed by atoms with Gasteiger partial charge in [-0.3, -0.25) is 0 Å². The van der Waals surface area contributed by atoms with Crippen molar-refractivity contribution in [2.45, 2.75) is 39.2 Å². The molecule has 1 saturated carbocycles. The Balaban J connectivity index is 2.09. The van der Waals surface area contributed by atoms with Crippen LogP contribution in [0.15, 0.2) is 18.2 Å². The third-order valence-electron chi connectivity index (χ3n) is 3.68. The molecule has 0 heterocycles. The van der Waals surface area contributed by atoms with E-state index in [-0.39, 0.29) is 0 Å². The zero-order valence-electron chi connectivity index (χ0n) is 11.5. The fraction of sp³-hybridized carbons (Fsp3) is 0.600. The molecule has 0 aromatic heterocycles. The van der Waals surface area contributed by atoms with E-state index in [0.29, 0.717) is 12.6 Å². The van der Waals surface area contributed by atoms with Gasteiger partial charge in [-0.1, -0.05) is 13.3 Å². The monoisotopic (exact) mass is 249 g/mol. The van der Waals surface area contributed by atoms with Crippen LogP contribution in [-0.4, -0.2) is 19.8 Å². The Kier molecular flexibility index (Phi) is 4.34. The quantitative estimate of drug-likeness (QED) is 0.863. The van der Waals surface area contributed by atoms with E-state index in [0.717, 1.165) is 23.1 Å². The van der Waals surface area contributed by atoms with Crippen molar-refractivity contribution in [1.29, 1.82) is 0 Å². The molecule has 0 spiro atoms. The van der Waals surface area contributed by atoms with Gasteiger partial charge >= 0.3 is 0 Å². The minimum atomic E-state index is 0.590. The topological polar surface area (TPSA) is 30.5 Å². The highest BCUT2D eigenvalue weighted by Crippen LogP contribution is 2.33. The molecule has 2 rings (SSSR count). The van der Waals surface area contributed by atoms with Gasteiger partial charge < -0.3 is 14.8 Å². The predicted molar refractivity (Wildman–Crippen MR) is 74.6 cm³/mol. The number of rotatable bonds is 5. The molecule has 1 aromatic carbocycles. The van der Waals surface area contributed by atoms with Gasteiger partial charge in [0, 0.05) is 17.8 Å². The van der Waals surface area contributed by atoms with E-state index in [4.69, 9.17) is 9.47 Å². The van der Waals surface area contributed by atoms with Crippen LogP contribution in [0.2, 0.25) is 0 Å². The molecule has 1 N–H and O–H groups in total. The van der Waals surface area contributed by atoms with Crippen molar-refractivity contribution in [3.8, 4) is 11.5 Å². The summed E-state index contributed by atoms with van der Waals surface area (Å²) in [6.45, 7) is 4.95. The van der Waals surface area contributed by atoms with Crippen molar-refractivity contribution in [3.05, 3.63) is 18.2 Å². The second kappa shape index (κ2) is 5.98. The van der Waals surface area contributed by atoms with Gasteiger partial charge in [0.1, 0.15) is 0 Å². The summed E-state index contributed by atoms with van der Waals surface area (Å²) in [4.78, 5) is 0. The molecule has 0 aliphatic heterocycles. The van der Waals surface area contributed by atoms with Crippen molar-refractivity contribution in [3.63, 3.8) is 0 Å². The lowest BCUT2D eigenvalue weighted by molar-refractivity contribution is 0.311. The van der Waals surface area contributed by atoms with Gasteiger partial charge in [-0.15, -0.1) is 0 Å². The van der Waals surface area contributed by atoms with E-state index >= 15 is 0 Å². The normalized spacial score (nSPS) is 22.8. The fourth-order valence-corrected chi connectivity index (χ4v) is 2.61. The first-order chi connectivity index (χ1) is 8.74. The zero-order chi connectivity index (χ0) is 13.0. The average Bonchev–Trinajstić information content (AvgIpc) is 2.77. The maximum atomic E-state index is 5.52. The van der Waals surface area contributed by atoms with E-state index in [1.165, 1.54) is 19.3 Å². The second-order valence-electron chi connectivity index (χ2n) is 4.96. The third-order valence-corrected chi connectivity index (χ3v) is 3.68. The summed E-state index contributed by atoms with van der Waals surface area (Å²) in [5.74, 6) is 2.36. The highest BCUT2D eigenvalue weighted by Gasteiger charge is 2.23. The summed E-state index contributed by atoms with van der Waals surface area (Å²) >= 11 is 0. The van der Waals surface area contributed by atoms with Crippen LogP contribution >= 0.6 is 0 Å². The number of hydrogen-bond donors (Lipinski definition) is 1. The molecule has 3 heteroatoms. The Bertz CT molecular complexity index is 392. The smallest absolute Gasteiger partial charge is 0.162 e. The summed E-state index contributed by atoms with van der Waals surface area (Å²) in [6, 6.07) is 6.66. The van der Waals surface area contributed by atoms with E-state index in [9.17, 15) is 0 Å². The highest BCUT2D eigenvalue weighted by molar-refractivity contribution is 5.55. The van der Waals surface area contributed by atoms with Gasteiger partial charge in [-0.25, -0.2) is 0 Å². The minimum Gasteiger partial charge on any atom is -0.493 e. The Morgan fingerprint density at radius 3 is 2.72 bits per heavy atom. The molecule has 0 amide bonds. The van der Waals surface area contributed by atoms with Gasteiger partial charge in [-0.2, -0.15) is 0 Å². The van der Waals surface area contributed by atoms with Gasteiger partial charge in [0.15, 0.2) is 11.5 Å². The second-order valence-corrected chi connectivity index (χ2v) is 4.96. The molecule has 0 bridgehead atoms. The Labute approximate surface area is 109 Å². The van der Waals surface area contributed by atoms with Gasteiger partial charge in [0.2, 0.25) is 0 Å². The molecule has 18 heavy (non-hydrogen) atoms. The maximum absolute atomic E-state index is 5.52. The Morgan fingerprint density at radius 1 is 1.28 bits per heavy atom. The van der Waals surface area contributed by atoms with E-state index in [2.05, 4.69) is 18.3 Å². The van der Waals surface area contributed by atoms with Gasteiger partial charge in [0.25, 0.3) is 0 Å². The van der Waals surface area contributed by atoms with Crippen molar-refractivity contribution in [2.75, 3.05) is 19.0 Å². The molecule has 1 fully saturated rings. The third kappa shape index (κ3) is 2.89. The molecule has 0 radical (unpaired) electrons. The molecular formula is C15H23NO2.